The van der Waals surface area contributed by atoms with Crippen LogP contribution in [0.1, 0.15) is 35.5 Å². The Morgan fingerprint density at radius 1 is 1.36 bits per heavy atom. The smallest absolute Gasteiger partial charge is 0.191 e. The Morgan fingerprint density at radius 2 is 2.20 bits per heavy atom. The number of aryl methyl sites for hydroxylation is 2. The third-order valence-corrected chi connectivity index (χ3v) is 6.15. The highest BCUT2D eigenvalue weighted by molar-refractivity contribution is 9.10. The van der Waals surface area contributed by atoms with Gasteiger partial charge in [-0.1, -0.05) is 28.1 Å². The average molecular weight is 421 g/mol. The van der Waals surface area contributed by atoms with Gasteiger partial charge < -0.3 is 10.6 Å². The van der Waals surface area contributed by atoms with Gasteiger partial charge in [0.05, 0.1) is 5.01 Å². The summed E-state index contributed by atoms with van der Waals surface area (Å²) >= 11 is 5.32. The fraction of sp³-hybridized carbons (Fsp3) is 0.474. The average Bonchev–Trinajstić information content (AvgIpc) is 3.29. The zero-order chi connectivity index (χ0) is 17.7. The lowest BCUT2D eigenvalue weighted by Crippen LogP contribution is -2.41. The van der Waals surface area contributed by atoms with Crippen LogP contribution in [0.2, 0.25) is 0 Å². The first-order chi connectivity index (χ1) is 12.1. The van der Waals surface area contributed by atoms with Gasteiger partial charge >= 0.3 is 0 Å². The number of nitrogens with one attached hydrogen (secondary N) is 2. The SMILES string of the molecule is CN=C(NCCCc1nc(C)cs1)NCC1(c2cccc(Br)c2)CC1. The Bertz CT molecular complexity index is 737. The van der Waals surface area contributed by atoms with Gasteiger partial charge in [-0.25, -0.2) is 4.98 Å². The van der Waals surface area contributed by atoms with E-state index in [9.17, 15) is 0 Å². The maximum atomic E-state index is 4.51. The normalized spacial score (nSPS) is 15.9. The van der Waals surface area contributed by atoms with Crippen LogP contribution in [0.4, 0.5) is 0 Å². The van der Waals surface area contributed by atoms with Crippen LogP contribution in [0.3, 0.4) is 0 Å². The lowest BCUT2D eigenvalue weighted by Gasteiger charge is -2.19. The van der Waals surface area contributed by atoms with Crippen molar-refractivity contribution in [1.82, 2.24) is 15.6 Å². The molecule has 1 fully saturated rings. The highest BCUT2D eigenvalue weighted by Crippen LogP contribution is 2.48. The van der Waals surface area contributed by atoms with Crippen molar-refractivity contribution in [2.75, 3.05) is 20.1 Å². The summed E-state index contributed by atoms with van der Waals surface area (Å²) in [5, 5.41) is 10.2. The minimum absolute atomic E-state index is 0.264. The number of aromatic nitrogens is 1. The van der Waals surface area contributed by atoms with E-state index >= 15 is 0 Å². The van der Waals surface area contributed by atoms with Crippen LogP contribution >= 0.6 is 27.3 Å². The highest BCUT2D eigenvalue weighted by Gasteiger charge is 2.44. The number of nitrogens with zero attached hydrogens (tertiary/aromatic N) is 2. The Labute approximate surface area is 162 Å². The van der Waals surface area contributed by atoms with Gasteiger partial charge in [0.1, 0.15) is 0 Å². The molecule has 1 aliphatic carbocycles. The van der Waals surface area contributed by atoms with E-state index in [0.717, 1.165) is 42.1 Å². The van der Waals surface area contributed by atoms with Gasteiger partial charge in [0.25, 0.3) is 0 Å². The van der Waals surface area contributed by atoms with E-state index < -0.39 is 0 Å². The van der Waals surface area contributed by atoms with E-state index in [-0.39, 0.29) is 5.41 Å². The van der Waals surface area contributed by atoms with Gasteiger partial charge in [0, 0.05) is 47.5 Å². The third kappa shape index (κ3) is 5.05. The highest BCUT2D eigenvalue weighted by atomic mass is 79.9. The second kappa shape index (κ2) is 8.32. The van der Waals surface area contributed by atoms with E-state index in [0.29, 0.717) is 0 Å². The summed E-state index contributed by atoms with van der Waals surface area (Å²) in [6, 6.07) is 8.66. The summed E-state index contributed by atoms with van der Waals surface area (Å²) in [6.07, 6.45) is 4.54. The molecule has 3 rings (SSSR count). The molecule has 0 saturated heterocycles. The van der Waals surface area contributed by atoms with Crippen molar-refractivity contribution in [2.45, 2.75) is 38.0 Å². The topological polar surface area (TPSA) is 49.3 Å². The second-order valence-electron chi connectivity index (χ2n) is 6.63. The molecule has 0 bridgehead atoms. The molecule has 2 N–H and O–H groups in total. The molecule has 1 saturated carbocycles. The van der Waals surface area contributed by atoms with Gasteiger partial charge in [0.2, 0.25) is 0 Å². The number of hydrogen-bond donors (Lipinski definition) is 2. The molecule has 0 spiro atoms. The van der Waals surface area contributed by atoms with Gasteiger partial charge in [-0.15, -0.1) is 11.3 Å². The molecule has 0 unspecified atom stereocenters. The minimum Gasteiger partial charge on any atom is -0.356 e. The summed E-state index contributed by atoms with van der Waals surface area (Å²) in [4.78, 5) is 8.86. The monoisotopic (exact) mass is 420 g/mol. The van der Waals surface area contributed by atoms with E-state index in [1.54, 1.807) is 11.3 Å². The first kappa shape index (κ1) is 18.4. The maximum Gasteiger partial charge on any atom is 0.191 e. The molecule has 1 aromatic carbocycles. The van der Waals surface area contributed by atoms with E-state index in [1.807, 2.05) is 14.0 Å². The van der Waals surface area contributed by atoms with Gasteiger partial charge in [-0.3, -0.25) is 4.99 Å². The van der Waals surface area contributed by atoms with Crippen molar-refractivity contribution in [3.8, 4) is 0 Å². The molecule has 2 aromatic rings. The van der Waals surface area contributed by atoms with Crippen molar-refractivity contribution in [3.05, 3.63) is 50.4 Å². The van der Waals surface area contributed by atoms with Gasteiger partial charge in [-0.2, -0.15) is 0 Å². The van der Waals surface area contributed by atoms with E-state index in [2.05, 4.69) is 66.2 Å². The van der Waals surface area contributed by atoms with Gasteiger partial charge in [0.15, 0.2) is 5.96 Å². The Kier molecular flexibility index (Phi) is 6.12. The maximum absolute atomic E-state index is 4.51. The molecular formula is C19H25BrN4S. The molecule has 25 heavy (non-hydrogen) atoms. The molecule has 1 aliphatic rings. The summed E-state index contributed by atoms with van der Waals surface area (Å²) in [6.45, 7) is 3.87. The Balaban J connectivity index is 1.43. The van der Waals surface area contributed by atoms with Crippen LogP contribution in [0, 0.1) is 6.92 Å². The molecule has 0 atom stereocenters. The molecule has 0 amide bonds. The van der Waals surface area contributed by atoms with Crippen LogP contribution in [-0.4, -0.2) is 31.1 Å². The molecule has 4 nitrogen and oxygen atoms in total. The standard InChI is InChI=1S/C19H25BrN4S/c1-14-12-25-17(24-14)7-4-10-22-18(21-2)23-13-19(8-9-19)15-5-3-6-16(20)11-15/h3,5-6,11-12H,4,7-10,13H2,1-2H3,(H2,21,22,23). The van der Waals surface area contributed by atoms with Crippen molar-refractivity contribution in [1.29, 1.82) is 0 Å². The summed E-state index contributed by atoms with van der Waals surface area (Å²) in [5.41, 5.74) is 2.79. The first-order valence-electron chi connectivity index (χ1n) is 8.73. The molecule has 6 heteroatoms. The first-order valence-corrected chi connectivity index (χ1v) is 10.4. The van der Waals surface area contributed by atoms with Crippen molar-refractivity contribution < 1.29 is 0 Å². The summed E-state index contributed by atoms with van der Waals surface area (Å²) in [7, 11) is 1.83. The van der Waals surface area contributed by atoms with Crippen LogP contribution in [0.5, 0.6) is 0 Å². The number of rotatable bonds is 7. The zero-order valence-electron chi connectivity index (χ0n) is 14.8. The van der Waals surface area contributed by atoms with Crippen molar-refractivity contribution in [2.24, 2.45) is 4.99 Å². The lowest BCUT2D eigenvalue weighted by molar-refractivity contribution is 0.641. The molecule has 1 heterocycles. The number of benzene rings is 1. The Hall–Kier alpha value is -1.40. The summed E-state index contributed by atoms with van der Waals surface area (Å²) < 4.78 is 1.15. The predicted molar refractivity (Wildman–Crippen MR) is 110 cm³/mol. The van der Waals surface area contributed by atoms with Crippen molar-refractivity contribution in [3.63, 3.8) is 0 Å². The fourth-order valence-electron chi connectivity index (χ4n) is 2.97. The van der Waals surface area contributed by atoms with E-state index in [4.69, 9.17) is 0 Å². The molecule has 0 radical (unpaired) electrons. The van der Waals surface area contributed by atoms with Crippen LogP contribution < -0.4 is 10.6 Å². The van der Waals surface area contributed by atoms with Crippen molar-refractivity contribution >= 4 is 33.2 Å². The molecule has 1 aromatic heterocycles. The lowest BCUT2D eigenvalue weighted by atomic mass is 9.96. The van der Waals surface area contributed by atoms with Gasteiger partial charge in [-0.05, 0) is 43.9 Å². The number of aliphatic imine (C=N–C) groups is 1. The number of hydrogen-bond acceptors (Lipinski definition) is 3. The van der Waals surface area contributed by atoms with E-state index in [1.165, 1.54) is 23.4 Å². The number of halogens is 1. The Morgan fingerprint density at radius 3 is 2.84 bits per heavy atom. The van der Waals surface area contributed by atoms with Crippen LogP contribution in [-0.2, 0) is 11.8 Å². The zero-order valence-corrected chi connectivity index (χ0v) is 17.2. The molecular weight excluding hydrogens is 396 g/mol. The van der Waals surface area contributed by atoms with Crippen LogP contribution in [0.25, 0.3) is 0 Å². The molecule has 0 aliphatic heterocycles. The quantitative estimate of drug-likeness (QED) is 0.403. The van der Waals surface area contributed by atoms with Crippen LogP contribution in [0.15, 0.2) is 39.1 Å². The largest absolute Gasteiger partial charge is 0.356 e. The third-order valence-electron chi connectivity index (χ3n) is 4.63. The molecule has 134 valence electrons. The summed E-state index contributed by atoms with van der Waals surface area (Å²) in [5.74, 6) is 0.886. The number of thiazole rings is 1. The fourth-order valence-corrected chi connectivity index (χ4v) is 4.19. The predicted octanol–water partition coefficient (Wildman–Crippen LogP) is 4.04. The second-order valence-corrected chi connectivity index (χ2v) is 8.49. The minimum atomic E-state index is 0.264. The number of guanidine groups is 1.